The van der Waals surface area contributed by atoms with Crippen LogP contribution in [0.5, 0.6) is 5.75 Å². The van der Waals surface area contributed by atoms with Crippen LogP contribution in [0.4, 0.5) is 10.1 Å². The molecule has 0 spiro atoms. The lowest BCUT2D eigenvalue weighted by molar-refractivity contribution is 0.321. The van der Waals surface area contributed by atoms with Gasteiger partial charge in [0.25, 0.3) is 0 Å². The van der Waals surface area contributed by atoms with Crippen LogP contribution >= 0.6 is 0 Å². The molecule has 0 amide bonds. The summed E-state index contributed by atoms with van der Waals surface area (Å²) in [6.45, 7) is 7.39. The van der Waals surface area contributed by atoms with Crippen molar-refractivity contribution in [3.05, 3.63) is 24.0 Å². The molecule has 0 radical (unpaired) electrons. The SMILES string of the molecule is CCNC1CCCN(c2ccc(OCC)c(F)c2)C1. The molecule has 1 aromatic carbocycles. The summed E-state index contributed by atoms with van der Waals surface area (Å²) in [4.78, 5) is 2.25. The molecule has 1 aliphatic rings. The van der Waals surface area contributed by atoms with Crippen LogP contribution in [0, 0.1) is 5.82 Å². The third kappa shape index (κ3) is 3.60. The highest BCUT2D eigenvalue weighted by Crippen LogP contribution is 2.26. The number of rotatable bonds is 5. The van der Waals surface area contributed by atoms with E-state index in [1.807, 2.05) is 13.0 Å². The maximum Gasteiger partial charge on any atom is 0.167 e. The van der Waals surface area contributed by atoms with Crippen LogP contribution in [0.25, 0.3) is 0 Å². The highest BCUT2D eigenvalue weighted by Gasteiger charge is 2.20. The average molecular weight is 266 g/mol. The van der Waals surface area contributed by atoms with Crippen LogP contribution < -0.4 is 15.0 Å². The standard InChI is InChI=1S/C15H23FN2O/c1-3-17-12-6-5-9-18(11-12)13-7-8-15(19-4-2)14(16)10-13/h7-8,10,12,17H,3-6,9,11H2,1-2H3. The van der Waals surface area contributed by atoms with Crippen LogP contribution in [0.3, 0.4) is 0 Å². The van der Waals surface area contributed by atoms with E-state index in [0.29, 0.717) is 18.4 Å². The summed E-state index contributed by atoms with van der Waals surface area (Å²) in [5.74, 6) is 0.0661. The summed E-state index contributed by atoms with van der Waals surface area (Å²) < 4.78 is 19.1. The fourth-order valence-corrected chi connectivity index (χ4v) is 2.63. The minimum Gasteiger partial charge on any atom is -0.491 e. The molecule has 106 valence electrons. The van der Waals surface area contributed by atoms with Crippen molar-refractivity contribution in [2.24, 2.45) is 0 Å². The molecular weight excluding hydrogens is 243 g/mol. The topological polar surface area (TPSA) is 24.5 Å². The van der Waals surface area contributed by atoms with Crippen LogP contribution in [-0.2, 0) is 0 Å². The van der Waals surface area contributed by atoms with E-state index in [-0.39, 0.29) is 5.82 Å². The fraction of sp³-hybridized carbons (Fsp3) is 0.600. The molecule has 19 heavy (non-hydrogen) atoms. The van der Waals surface area contributed by atoms with Crippen LogP contribution in [0.1, 0.15) is 26.7 Å². The minimum absolute atomic E-state index is 0.273. The molecule has 1 fully saturated rings. The van der Waals surface area contributed by atoms with Gasteiger partial charge in [-0.2, -0.15) is 0 Å². The Morgan fingerprint density at radius 3 is 2.95 bits per heavy atom. The summed E-state index contributed by atoms with van der Waals surface area (Å²) in [6.07, 6.45) is 2.34. The molecule has 1 saturated heterocycles. The minimum atomic E-state index is -0.273. The van der Waals surface area contributed by atoms with Crippen molar-refractivity contribution < 1.29 is 9.13 Å². The summed E-state index contributed by atoms with van der Waals surface area (Å²) >= 11 is 0. The second-order valence-corrected chi connectivity index (χ2v) is 4.89. The van der Waals surface area contributed by atoms with Gasteiger partial charge in [-0.25, -0.2) is 4.39 Å². The Hall–Kier alpha value is -1.29. The Labute approximate surface area is 114 Å². The number of ether oxygens (including phenoxy) is 1. The Morgan fingerprint density at radius 1 is 1.42 bits per heavy atom. The van der Waals surface area contributed by atoms with Gasteiger partial charge in [-0.15, -0.1) is 0 Å². The smallest absolute Gasteiger partial charge is 0.167 e. The van der Waals surface area contributed by atoms with E-state index < -0.39 is 0 Å². The Balaban J connectivity index is 2.06. The highest BCUT2D eigenvalue weighted by atomic mass is 19.1. The number of likely N-dealkylation sites (N-methyl/N-ethyl adjacent to an activating group) is 1. The van der Waals surface area contributed by atoms with Gasteiger partial charge in [0.05, 0.1) is 6.61 Å². The van der Waals surface area contributed by atoms with Crippen molar-refractivity contribution in [3.63, 3.8) is 0 Å². The molecular formula is C15H23FN2O. The molecule has 2 rings (SSSR count). The predicted octanol–water partition coefficient (Wildman–Crippen LogP) is 2.80. The third-order valence-electron chi connectivity index (χ3n) is 3.49. The first-order chi connectivity index (χ1) is 9.24. The largest absolute Gasteiger partial charge is 0.491 e. The summed E-state index contributed by atoms with van der Waals surface area (Å²) in [6, 6.07) is 5.76. The van der Waals surface area contributed by atoms with Gasteiger partial charge in [0.15, 0.2) is 11.6 Å². The summed E-state index contributed by atoms with van der Waals surface area (Å²) in [7, 11) is 0. The van der Waals surface area contributed by atoms with Crippen molar-refractivity contribution in [2.75, 3.05) is 31.1 Å². The Bertz CT molecular complexity index is 409. The molecule has 0 bridgehead atoms. The first-order valence-corrected chi connectivity index (χ1v) is 7.15. The van der Waals surface area contributed by atoms with E-state index >= 15 is 0 Å². The first-order valence-electron chi connectivity index (χ1n) is 7.15. The van der Waals surface area contributed by atoms with Gasteiger partial charge in [-0.1, -0.05) is 6.92 Å². The van der Waals surface area contributed by atoms with Crippen LogP contribution in [-0.4, -0.2) is 32.3 Å². The number of hydrogen-bond acceptors (Lipinski definition) is 3. The maximum absolute atomic E-state index is 13.9. The molecule has 3 nitrogen and oxygen atoms in total. The van der Waals surface area contributed by atoms with Gasteiger partial charge >= 0.3 is 0 Å². The zero-order chi connectivity index (χ0) is 13.7. The van der Waals surface area contributed by atoms with E-state index in [0.717, 1.165) is 31.7 Å². The lowest BCUT2D eigenvalue weighted by Gasteiger charge is -2.34. The molecule has 1 N–H and O–H groups in total. The number of hydrogen-bond donors (Lipinski definition) is 1. The van der Waals surface area contributed by atoms with Gasteiger partial charge in [-0.3, -0.25) is 0 Å². The van der Waals surface area contributed by atoms with E-state index in [2.05, 4.69) is 17.1 Å². The highest BCUT2D eigenvalue weighted by molar-refractivity contribution is 5.50. The lowest BCUT2D eigenvalue weighted by atomic mass is 10.0. The molecule has 1 heterocycles. The van der Waals surface area contributed by atoms with Gasteiger partial charge < -0.3 is 15.0 Å². The van der Waals surface area contributed by atoms with Crippen molar-refractivity contribution in [3.8, 4) is 5.75 Å². The van der Waals surface area contributed by atoms with Gasteiger partial charge in [0.1, 0.15) is 0 Å². The molecule has 1 unspecified atom stereocenters. The van der Waals surface area contributed by atoms with Crippen molar-refractivity contribution in [2.45, 2.75) is 32.7 Å². The predicted molar refractivity (Wildman–Crippen MR) is 76.5 cm³/mol. The quantitative estimate of drug-likeness (QED) is 0.887. The number of nitrogens with zero attached hydrogens (tertiary/aromatic N) is 1. The first kappa shape index (κ1) is 14.1. The Kier molecular flexibility index (Phi) is 5.02. The van der Waals surface area contributed by atoms with Crippen LogP contribution in [0.2, 0.25) is 0 Å². The monoisotopic (exact) mass is 266 g/mol. The number of nitrogens with one attached hydrogen (secondary N) is 1. The number of benzene rings is 1. The number of halogens is 1. The molecule has 0 saturated carbocycles. The van der Waals surface area contributed by atoms with E-state index in [1.54, 1.807) is 12.1 Å². The molecule has 1 aromatic rings. The third-order valence-corrected chi connectivity index (χ3v) is 3.49. The van der Waals surface area contributed by atoms with Crippen LogP contribution in [0.15, 0.2) is 18.2 Å². The zero-order valence-electron chi connectivity index (χ0n) is 11.8. The average Bonchev–Trinajstić information content (AvgIpc) is 2.42. The van der Waals surface area contributed by atoms with Crippen molar-refractivity contribution in [1.82, 2.24) is 5.32 Å². The second kappa shape index (κ2) is 6.75. The molecule has 1 atom stereocenters. The number of piperidine rings is 1. The van der Waals surface area contributed by atoms with Crippen molar-refractivity contribution >= 4 is 5.69 Å². The Morgan fingerprint density at radius 2 is 2.26 bits per heavy atom. The second-order valence-electron chi connectivity index (χ2n) is 4.89. The molecule has 1 aliphatic heterocycles. The lowest BCUT2D eigenvalue weighted by Crippen LogP contribution is -2.45. The maximum atomic E-state index is 13.9. The van der Waals surface area contributed by atoms with E-state index in [1.165, 1.54) is 6.42 Å². The van der Waals surface area contributed by atoms with Crippen molar-refractivity contribution in [1.29, 1.82) is 0 Å². The zero-order valence-corrected chi connectivity index (χ0v) is 11.8. The van der Waals surface area contributed by atoms with Gasteiger partial charge in [0.2, 0.25) is 0 Å². The fourth-order valence-electron chi connectivity index (χ4n) is 2.63. The van der Waals surface area contributed by atoms with E-state index in [4.69, 9.17) is 4.74 Å². The van der Waals surface area contributed by atoms with E-state index in [9.17, 15) is 4.39 Å². The normalized spacial score (nSPS) is 19.5. The molecule has 0 aromatic heterocycles. The molecule has 0 aliphatic carbocycles. The summed E-state index contributed by atoms with van der Waals surface area (Å²) in [5.41, 5.74) is 0.948. The summed E-state index contributed by atoms with van der Waals surface area (Å²) in [5, 5.41) is 3.47. The van der Waals surface area contributed by atoms with Gasteiger partial charge in [-0.05, 0) is 38.4 Å². The number of anilines is 1. The van der Waals surface area contributed by atoms with Gasteiger partial charge in [0, 0.05) is 30.9 Å². The molecule has 4 heteroatoms.